The Labute approximate surface area is 184 Å². The predicted octanol–water partition coefficient (Wildman–Crippen LogP) is 4.14. The van der Waals surface area contributed by atoms with E-state index in [1.165, 1.54) is 0 Å². The standard InChI is InChI=1S/C25H33N5O/c1-4-11-30-23-10-9-21(26-25(31)20-8-6-7-19(3)16-20)17-22(23)27-24(30)18-29-14-12-28(5-2)13-15-29/h6-10,16-17H,4-5,11-15,18H2,1-3H3,(H,26,31). The van der Waals surface area contributed by atoms with Crippen molar-refractivity contribution in [3.63, 3.8) is 0 Å². The van der Waals surface area contributed by atoms with Crippen molar-refractivity contribution in [2.75, 3.05) is 38.0 Å². The molecule has 1 aliphatic rings. The van der Waals surface area contributed by atoms with E-state index >= 15 is 0 Å². The molecule has 6 nitrogen and oxygen atoms in total. The van der Waals surface area contributed by atoms with Gasteiger partial charge in [-0.2, -0.15) is 0 Å². The van der Waals surface area contributed by atoms with Crippen molar-refractivity contribution in [1.82, 2.24) is 19.4 Å². The van der Waals surface area contributed by atoms with Gasteiger partial charge in [-0.15, -0.1) is 0 Å². The molecule has 1 amide bonds. The van der Waals surface area contributed by atoms with Crippen LogP contribution in [0.25, 0.3) is 11.0 Å². The van der Waals surface area contributed by atoms with Gasteiger partial charge >= 0.3 is 0 Å². The van der Waals surface area contributed by atoms with Gasteiger partial charge in [-0.05, 0) is 50.2 Å². The zero-order chi connectivity index (χ0) is 21.8. The van der Waals surface area contributed by atoms with Crippen LogP contribution in [0.2, 0.25) is 0 Å². The number of amides is 1. The number of aromatic nitrogens is 2. The number of nitrogens with zero attached hydrogens (tertiary/aromatic N) is 4. The Morgan fingerprint density at radius 3 is 2.52 bits per heavy atom. The number of rotatable bonds is 7. The molecule has 1 N–H and O–H groups in total. The maximum atomic E-state index is 12.6. The highest BCUT2D eigenvalue weighted by Crippen LogP contribution is 2.23. The summed E-state index contributed by atoms with van der Waals surface area (Å²) in [5, 5.41) is 3.03. The molecule has 1 saturated heterocycles. The zero-order valence-electron chi connectivity index (χ0n) is 18.9. The minimum atomic E-state index is -0.0925. The Kier molecular flexibility index (Phi) is 6.68. The summed E-state index contributed by atoms with van der Waals surface area (Å²) in [6, 6.07) is 13.7. The molecular formula is C25H33N5O. The molecule has 0 aliphatic carbocycles. The number of aryl methyl sites for hydroxylation is 2. The zero-order valence-corrected chi connectivity index (χ0v) is 18.9. The van der Waals surface area contributed by atoms with E-state index in [1.807, 2.05) is 43.3 Å². The van der Waals surface area contributed by atoms with Crippen LogP contribution in [0, 0.1) is 6.92 Å². The normalized spacial score (nSPS) is 15.5. The minimum absolute atomic E-state index is 0.0925. The lowest BCUT2D eigenvalue weighted by Crippen LogP contribution is -2.45. The monoisotopic (exact) mass is 419 g/mol. The van der Waals surface area contributed by atoms with Crippen LogP contribution in [-0.2, 0) is 13.1 Å². The van der Waals surface area contributed by atoms with Crippen LogP contribution in [0.1, 0.15) is 42.0 Å². The fourth-order valence-electron chi connectivity index (χ4n) is 4.30. The molecule has 0 saturated carbocycles. The number of carbonyl (C=O) groups is 1. The van der Waals surface area contributed by atoms with Gasteiger partial charge in [-0.1, -0.05) is 31.5 Å². The third-order valence-corrected chi connectivity index (χ3v) is 6.09. The number of nitrogens with one attached hydrogen (secondary N) is 1. The number of benzene rings is 2. The van der Waals surface area contributed by atoms with Gasteiger partial charge in [0.2, 0.25) is 0 Å². The number of carbonyl (C=O) groups excluding carboxylic acids is 1. The van der Waals surface area contributed by atoms with Crippen molar-refractivity contribution in [3.05, 3.63) is 59.4 Å². The largest absolute Gasteiger partial charge is 0.327 e. The number of imidazole rings is 1. The summed E-state index contributed by atoms with van der Waals surface area (Å²) in [5.74, 6) is 1.02. The van der Waals surface area contributed by atoms with Crippen LogP contribution in [0.4, 0.5) is 5.69 Å². The molecule has 3 aromatic rings. The molecule has 0 spiro atoms. The number of hydrogen-bond acceptors (Lipinski definition) is 4. The Hall–Kier alpha value is -2.70. The highest BCUT2D eigenvalue weighted by Gasteiger charge is 2.19. The molecule has 2 aromatic carbocycles. The molecule has 0 unspecified atom stereocenters. The van der Waals surface area contributed by atoms with E-state index in [2.05, 4.69) is 39.6 Å². The van der Waals surface area contributed by atoms with Crippen LogP contribution in [0.15, 0.2) is 42.5 Å². The molecule has 1 aromatic heterocycles. The van der Waals surface area contributed by atoms with Crippen molar-refractivity contribution < 1.29 is 4.79 Å². The van der Waals surface area contributed by atoms with Crippen LogP contribution in [0.3, 0.4) is 0 Å². The molecule has 6 heteroatoms. The van der Waals surface area contributed by atoms with E-state index < -0.39 is 0 Å². The Balaban J connectivity index is 1.54. The molecule has 164 valence electrons. The lowest BCUT2D eigenvalue weighted by atomic mass is 10.1. The quantitative estimate of drug-likeness (QED) is 0.625. The fourth-order valence-corrected chi connectivity index (χ4v) is 4.30. The Morgan fingerprint density at radius 2 is 1.81 bits per heavy atom. The van der Waals surface area contributed by atoms with E-state index in [1.54, 1.807) is 0 Å². The summed E-state index contributed by atoms with van der Waals surface area (Å²) in [7, 11) is 0. The number of fused-ring (bicyclic) bond motifs is 1. The maximum absolute atomic E-state index is 12.6. The SMILES string of the molecule is CCCn1c(CN2CCN(CC)CC2)nc2cc(NC(=O)c3cccc(C)c3)ccc21. The van der Waals surface area contributed by atoms with Crippen LogP contribution >= 0.6 is 0 Å². The Bertz CT molecular complexity index is 1050. The Morgan fingerprint density at radius 1 is 1.03 bits per heavy atom. The predicted molar refractivity (Wildman–Crippen MR) is 127 cm³/mol. The highest BCUT2D eigenvalue weighted by molar-refractivity contribution is 6.05. The van der Waals surface area contributed by atoms with Gasteiger partial charge in [-0.25, -0.2) is 4.98 Å². The van der Waals surface area contributed by atoms with Crippen molar-refractivity contribution in [1.29, 1.82) is 0 Å². The van der Waals surface area contributed by atoms with Gasteiger partial charge < -0.3 is 14.8 Å². The summed E-state index contributed by atoms with van der Waals surface area (Å²) < 4.78 is 2.34. The summed E-state index contributed by atoms with van der Waals surface area (Å²) in [6.45, 7) is 13.8. The van der Waals surface area contributed by atoms with E-state index in [9.17, 15) is 4.79 Å². The summed E-state index contributed by atoms with van der Waals surface area (Å²) in [4.78, 5) is 22.6. The first kappa shape index (κ1) is 21.5. The van der Waals surface area contributed by atoms with E-state index in [0.29, 0.717) is 5.56 Å². The van der Waals surface area contributed by atoms with Crippen LogP contribution in [0.5, 0.6) is 0 Å². The number of likely N-dealkylation sites (N-methyl/N-ethyl adjacent to an activating group) is 1. The highest BCUT2D eigenvalue weighted by atomic mass is 16.1. The first-order valence-corrected chi connectivity index (χ1v) is 11.4. The van der Waals surface area contributed by atoms with Gasteiger partial charge in [0.1, 0.15) is 5.82 Å². The van der Waals surface area contributed by atoms with Crippen molar-refractivity contribution in [3.8, 4) is 0 Å². The van der Waals surface area contributed by atoms with Crippen molar-refractivity contribution in [2.24, 2.45) is 0 Å². The van der Waals surface area contributed by atoms with E-state index in [0.717, 1.165) is 80.3 Å². The second-order valence-corrected chi connectivity index (χ2v) is 8.42. The molecule has 0 atom stereocenters. The topological polar surface area (TPSA) is 53.4 Å². The molecule has 2 heterocycles. The molecule has 1 aliphatic heterocycles. The number of anilines is 1. The average molecular weight is 420 g/mol. The third-order valence-electron chi connectivity index (χ3n) is 6.09. The van der Waals surface area contributed by atoms with Crippen molar-refractivity contribution in [2.45, 2.75) is 40.3 Å². The number of hydrogen-bond donors (Lipinski definition) is 1. The van der Waals surface area contributed by atoms with Crippen LogP contribution < -0.4 is 5.32 Å². The molecule has 31 heavy (non-hydrogen) atoms. The van der Waals surface area contributed by atoms with Gasteiger partial charge in [0, 0.05) is 44.0 Å². The van der Waals surface area contributed by atoms with Crippen molar-refractivity contribution >= 4 is 22.6 Å². The molecular weight excluding hydrogens is 386 g/mol. The minimum Gasteiger partial charge on any atom is -0.327 e. The third kappa shape index (κ3) is 4.97. The summed E-state index contributed by atoms with van der Waals surface area (Å²) in [6.07, 6.45) is 1.06. The smallest absolute Gasteiger partial charge is 0.255 e. The number of piperazine rings is 1. The van der Waals surface area contributed by atoms with Gasteiger partial charge in [0.05, 0.1) is 17.6 Å². The average Bonchev–Trinajstić information content (AvgIpc) is 3.10. The van der Waals surface area contributed by atoms with E-state index in [-0.39, 0.29) is 5.91 Å². The molecule has 4 rings (SSSR count). The van der Waals surface area contributed by atoms with E-state index in [4.69, 9.17) is 4.98 Å². The lowest BCUT2D eigenvalue weighted by Gasteiger charge is -2.33. The van der Waals surface area contributed by atoms with Crippen LogP contribution in [-0.4, -0.2) is 58.0 Å². The first-order valence-electron chi connectivity index (χ1n) is 11.4. The summed E-state index contributed by atoms with van der Waals surface area (Å²) in [5.41, 5.74) is 4.60. The van der Waals surface area contributed by atoms with Gasteiger partial charge in [0.25, 0.3) is 5.91 Å². The second kappa shape index (κ2) is 9.62. The summed E-state index contributed by atoms with van der Waals surface area (Å²) >= 11 is 0. The second-order valence-electron chi connectivity index (χ2n) is 8.42. The van der Waals surface area contributed by atoms with Gasteiger partial charge in [0.15, 0.2) is 0 Å². The molecule has 0 radical (unpaired) electrons. The lowest BCUT2D eigenvalue weighted by molar-refractivity contribution is 0.102. The first-order chi connectivity index (χ1) is 15.1. The molecule has 0 bridgehead atoms. The van der Waals surface area contributed by atoms with Gasteiger partial charge in [-0.3, -0.25) is 9.69 Å². The molecule has 1 fully saturated rings. The fraction of sp³-hybridized carbons (Fsp3) is 0.440. The maximum Gasteiger partial charge on any atom is 0.255 e.